The molecular formula is C15H18F3NO2. The van der Waals surface area contributed by atoms with Crippen molar-refractivity contribution in [2.24, 2.45) is 5.41 Å². The van der Waals surface area contributed by atoms with E-state index in [9.17, 15) is 18.0 Å². The van der Waals surface area contributed by atoms with Gasteiger partial charge in [-0.2, -0.15) is 13.2 Å². The first-order chi connectivity index (χ1) is 9.86. The predicted octanol–water partition coefficient (Wildman–Crippen LogP) is 3.25. The minimum atomic E-state index is -4.44. The van der Waals surface area contributed by atoms with Crippen molar-refractivity contribution in [1.82, 2.24) is 5.32 Å². The Morgan fingerprint density at radius 3 is 2.62 bits per heavy atom. The molecule has 2 rings (SSSR count). The number of ether oxygens (including phenoxy) is 1. The third-order valence-electron chi connectivity index (χ3n) is 3.94. The summed E-state index contributed by atoms with van der Waals surface area (Å²) in [4.78, 5) is 12.0. The number of carbonyl (C=O) groups is 1. The Morgan fingerprint density at radius 1 is 1.38 bits per heavy atom. The van der Waals surface area contributed by atoms with Crippen molar-refractivity contribution in [3.8, 4) is 0 Å². The van der Waals surface area contributed by atoms with Crippen LogP contribution in [-0.4, -0.2) is 26.2 Å². The zero-order chi connectivity index (χ0) is 15.5. The molecule has 0 aliphatic heterocycles. The second-order valence-electron chi connectivity index (χ2n) is 5.55. The van der Waals surface area contributed by atoms with E-state index in [4.69, 9.17) is 4.74 Å². The lowest BCUT2D eigenvalue weighted by Gasteiger charge is -2.41. The van der Waals surface area contributed by atoms with Crippen molar-refractivity contribution >= 4 is 5.91 Å². The second kappa shape index (κ2) is 6.05. The first kappa shape index (κ1) is 15.8. The highest BCUT2D eigenvalue weighted by atomic mass is 19.4. The molecule has 3 nitrogen and oxygen atoms in total. The molecular weight excluding hydrogens is 283 g/mol. The number of benzene rings is 1. The fraction of sp³-hybridized carbons (Fsp3) is 0.533. The van der Waals surface area contributed by atoms with E-state index in [0.717, 1.165) is 31.4 Å². The molecule has 0 bridgehead atoms. The van der Waals surface area contributed by atoms with Crippen LogP contribution in [0.25, 0.3) is 0 Å². The lowest BCUT2D eigenvalue weighted by atomic mass is 9.69. The fourth-order valence-corrected chi connectivity index (χ4v) is 2.56. The first-order valence-electron chi connectivity index (χ1n) is 6.81. The van der Waals surface area contributed by atoms with Crippen LogP contribution >= 0.6 is 0 Å². The van der Waals surface area contributed by atoms with Gasteiger partial charge in [-0.15, -0.1) is 0 Å². The molecule has 1 saturated carbocycles. The summed E-state index contributed by atoms with van der Waals surface area (Å²) in [7, 11) is 1.61. The van der Waals surface area contributed by atoms with Crippen LogP contribution in [0.1, 0.15) is 35.2 Å². The summed E-state index contributed by atoms with van der Waals surface area (Å²) in [6, 6.07) is 4.45. The van der Waals surface area contributed by atoms with Gasteiger partial charge in [-0.25, -0.2) is 0 Å². The lowest BCUT2D eigenvalue weighted by Crippen LogP contribution is -2.45. The monoisotopic (exact) mass is 301 g/mol. The molecule has 0 radical (unpaired) electrons. The van der Waals surface area contributed by atoms with Crippen molar-refractivity contribution in [1.29, 1.82) is 0 Å². The SMILES string of the molecule is COCC1(CNC(=O)c2cccc(C(F)(F)F)c2)CCC1. The van der Waals surface area contributed by atoms with Crippen molar-refractivity contribution in [2.75, 3.05) is 20.3 Å². The van der Waals surface area contributed by atoms with Crippen LogP contribution in [0, 0.1) is 5.41 Å². The van der Waals surface area contributed by atoms with E-state index in [2.05, 4.69) is 5.32 Å². The van der Waals surface area contributed by atoms with Gasteiger partial charge in [0.1, 0.15) is 0 Å². The summed E-state index contributed by atoms with van der Waals surface area (Å²) in [5.41, 5.74) is -0.853. The van der Waals surface area contributed by atoms with E-state index in [-0.39, 0.29) is 11.0 Å². The van der Waals surface area contributed by atoms with E-state index in [1.54, 1.807) is 7.11 Å². The molecule has 1 N–H and O–H groups in total. The summed E-state index contributed by atoms with van der Waals surface area (Å²) in [5.74, 6) is -0.483. The number of hydrogen-bond donors (Lipinski definition) is 1. The van der Waals surface area contributed by atoms with Gasteiger partial charge < -0.3 is 10.1 Å². The molecule has 6 heteroatoms. The average molecular weight is 301 g/mol. The smallest absolute Gasteiger partial charge is 0.384 e. The minimum absolute atomic E-state index is 0.0247. The Hall–Kier alpha value is -1.56. The number of halogens is 3. The maximum absolute atomic E-state index is 12.6. The van der Waals surface area contributed by atoms with Gasteiger partial charge in [0.25, 0.3) is 5.91 Å². The van der Waals surface area contributed by atoms with Crippen LogP contribution in [0.3, 0.4) is 0 Å². The summed E-state index contributed by atoms with van der Waals surface area (Å²) >= 11 is 0. The Kier molecular flexibility index (Phi) is 4.56. The van der Waals surface area contributed by atoms with Gasteiger partial charge in [-0.1, -0.05) is 12.5 Å². The summed E-state index contributed by atoms with van der Waals surface area (Å²) < 4.78 is 43.0. The number of carbonyl (C=O) groups excluding carboxylic acids is 1. The average Bonchev–Trinajstić information content (AvgIpc) is 2.40. The Morgan fingerprint density at radius 2 is 2.10 bits per heavy atom. The number of amides is 1. The van der Waals surface area contributed by atoms with Gasteiger partial charge in [-0.3, -0.25) is 4.79 Å². The maximum Gasteiger partial charge on any atom is 0.416 e. The van der Waals surface area contributed by atoms with E-state index in [1.807, 2.05) is 0 Å². The van der Waals surface area contributed by atoms with Crippen molar-refractivity contribution in [3.63, 3.8) is 0 Å². The van der Waals surface area contributed by atoms with Gasteiger partial charge in [0.05, 0.1) is 12.2 Å². The number of hydrogen-bond acceptors (Lipinski definition) is 2. The third-order valence-corrected chi connectivity index (χ3v) is 3.94. The molecule has 116 valence electrons. The second-order valence-corrected chi connectivity index (χ2v) is 5.55. The Labute approximate surface area is 121 Å². The minimum Gasteiger partial charge on any atom is -0.384 e. The van der Waals surface area contributed by atoms with Crippen LogP contribution in [-0.2, 0) is 10.9 Å². The highest BCUT2D eigenvalue weighted by molar-refractivity contribution is 5.94. The molecule has 0 aromatic heterocycles. The molecule has 1 aliphatic rings. The van der Waals surface area contributed by atoms with E-state index in [0.29, 0.717) is 13.2 Å². The highest BCUT2D eigenvalue weighted by Crippen LogP contribution is 2.40. The normalized spacial score (nSPS) is 17.1. The van der Waals surface area contributed by atoms with Crippen molar-refractivity contribution in [3.05, 3.63) is 35.4 Å². The van der Waals surface area contributed by atoms with Crippen LogP contribution in [0.15, 0.2) is 24.3 Å². The van der Waals surface area contributed by atoms with Crippen LogP contribution < -0.4 is 5.32 Å². The van der Waals surface area contributed by atoms with E-state index in [1.165, 1.54) is 12.1 Å². The predicted molar refractivity (Wildman–Crippen MR) is 71.9 cm³/mol. The highest BCUT2D eigenvalue weighted by Gasteiger charge is 2.37. The van der Waals surface area contributed by atoms with E-state index >= 15 is 0 Å². The number of alkyl halides is 3. The van der Waals surface area contributed by atoms with Gasteiger partial charge in [0.15, 0.2) is 0 Å². The van der Waals surface area contributed by atoms with Gasteiger partial charge >= 0.3 is 6.18 Å². The van der Waals surface area contributed by atoms with Gasteiger partial charge in [0, 0.05) is 24.6 Å². The number of rotatable bonds is 5. The summed E-state index contributed by atoms with van der Waals surface area (Å²) in [6.07, 6.45) is -1.43. The summed E-state index contributed by atoms with van der Waals surface area (Å²) in [6.45, 7) is 0.978. The van der Waals surface area contributed by atoms with Crippen molar-refractivity contribution < 1.29 is 22.7 Å². The quantitative estimate of drug-likeness (QED) is 0.906. The Balaban J connectivity index is 2.00. The molecule has 0 atom stereocenters. The molecule has 0 saturated heterocycles. The number of methoxy groups -OCH3 is 1. The molecule has 1 fully saturated rings. The van der Waals surface area contributed by atoms with Crippen LogP contribution in [0.4, 0.5) is 13.2 Å². The fourth-order valence-electron chi connectivity index (χ4n) is 2.56. The zero-order valence-corrected chi connectivity index (χ0v) is 11.8. The van der Waals surface area contributed by atoms with Gasteiger partial charge in [0.2, 0.25) is 0 Å². The molecule has 1 aromatic carbocycles. The molecule has 21 heavy (non-hydrogen) atoms. The Bertz CT molecular complexity index is 510. The molecule has 0 spiro atoms. The maximum atomic E-state index is 12.6. The van der Waals surface area contributed by atoms with E-state index < -0.39 is 17.6 Å². The third kappa shape index (κ3) is 3.75. The summed E-state index contributed by atoms with van der Waals surface area (Å²) in [5, 5.41) is 2.72. The largest absolute Gasteiger partial charge is 0.416 e. The molecule has 1 aromatic rings. The first-order valence-corrected chi connectivity index (χ1v) is 6.81. The van der Waals surface area contributed by atoms with Crippen molar-refractivity contribution in [2.45, 2.75) is 25.4 Å². The molecule has 0 unspecified atom stereocenters. The standard InChI is InChI=1S/C15H18F3NO2/c1-21-10-14(6-3-7-14)9-19-13(20)11-4-2-5-12(8-11)15(16,17)18/h2,4-5,8H,3,6-7,9-10H2,1H3,(H,19,20). The zero-order valence-electron chi connectivity index (χ0n) is 11.8. The molecule has 1 aliphatic carbocycles. The molecule has 1 amide bonds. The van der Waals surface area contributed by atoms with Crippen LogP contribution in [0.5, 0.6) is 0 Å². The molecule has 0 heterocycles. The topological polar surface area (TPSA) is 38.3 Å². The number of nitrogens with one attached hydrogen (secondary N) is 1. The lowest BCUT2D eigenvalue weighted by molar-refractivity contribution is -0.137. The van der Waals surface area contributed by atoms with Crippen LogP contribution in [0.2, 0.25) is 0 Å². The van der Waals surface area contributed by atoms with Gasteiger partial charge in [-0.05, 0) is 31.0 Å².